The van der Waals surface area contributed by atoms with Crippen molar-refractivity contribution in [1.82, 2.24) is 20.5 Å². The van der Waals surface area contributed by atoms with Crippen LogP contribution in [0.1, 0.15) is 21.1 Å². The Bertz CT molecular complexity index is 649. The van der Waals surface area contributed by atoms with Gasteiger partial charge in [0, 0.05) is 30.9 Å². The number of aromatic nitrogens is 3. The van der Waals surface area contributed by atoms with Crippen molar-refractivity contribution in [2.45, 2.75) is 13.3 Å². The Morgan fingerprint density at radius 3 is 2.95 bits per heavy atom. The van der Waals surface area contributed by atoms with Gasteiger partial charge in [-0.3, -0.25) is 9.59 Å². The van der Waals surface area contributed by atoms with E-state index in [2.05, 4.69) is 20.5 Å². The second kappa shape index (κ2) is 5.61. The molecule has 8 heteroatoms. The van der Waals surface area contributed by atoms with Crippen LogP contribution in [0.3, 0.4) is 0 Å². The van der Waals surface area contributed by atoms with Gasteiger partial charge in [-0.05, 0) is 6.92 Å². The fourth-order valence-electron chi connectivity index (χ4n) is 1.50. The van der Waals surface area contributed by atoms with E-state index < -0.39 is 5.91 Å². The maximum Gasteiger partial charge on any atom is 0.256 e. The number of aryl methyl sites for hydroxylation is 1. The summed E-state index contributed by atoms with van der Waals surface area (Å²) >= 11 is 1.28. The van der Waals surface area contributed by atoms with Crippen LogP contribution in [0.15, 0.2) is 17.1 Å². The Hall–Kier alpha value is -2.22. The number of pyridine rings is 1. The number of carbonyl (C=O) groups excluding carboxylic acids is 1. The summed E-state index contributed by atoms with van der Waals surface area (Å²) in [5, 5.41) is 11.3. The maximum atomic E-state index is 11.8. The van der Waals surface area contributed by atoms with Gasteiger partial charge in [-0.2, -0.15) is 0 Å². The number of nitrogens with two attached hydrogens (primary N) is 1. The van der Waals surface area contributed by atoms with Crippen LogP contribution in [-0.4, -0.2) is 27.6 Å². The maximum absolute atomic E-state index is 11.8. The number of nitrogens with zero attached hydrogens (tertiary/aromatic N) is 2. The van der Waals surface area contributed by atoms with E-state index in [1.54, 1.807) is 6.92 Å². The lowest BCUT2D eigenvalue weighted by atomic mass is 10.2. The molecule has 100 valence electrons. The van der Waals surface area contributed by atoms with Gasteiger partial charge < -0.3 is 16.0 Å². The fourth-order valence-corrected chi connectivity index (χ4v) is 2.11. The first-order chi connectivity index (χ1) is 9.06. The number of hydrogen-bond donors (Lipinski definition) is 3. The summed E-state index contributed by atoms with van der Waals surface area (Å²) in [6.45, 7) is 2.13. The molecule has 0 radical (unpaired) electrons. The largest absolute Gasteiger partial charge is 0.374 e. The zero-order valence-electron chi connectivity index (χ0n) is 10.3. The molecule has 0 aromatic carbocycles. The van der Waals surface area contributed by atoms with Crippen LogP contribution in [0.5, 0.6) is 0 Å². The van der Waals surface area contributed by atoms with Gasteiger partial charge in [-0.15, -0.1) is 10.2 Å². The molecule has 4 N–H and O–H groups in total. The molecule has 2 aromatic heterocycles. The van der Waals surface area contributed by atoms with Crippen molar-refractivity contribution in [2.75, 3.05) is 12.3 Å². The van der Waals surface area contributed by atoms with E-state index in [9.17, 15) is 9.59 Å². The Kier molecular flexibility index (Phi) is 3.91. The number of hydrogen-bond acceptors (Lipinski definition) is 6. The van der Waals surface area contributed by atoms with E-state index in [0.29, 0.717) is 23.8 Å². The molecule has 1 amide bonds. The average molecular weight is 279 g/mol. The average Bonchev–Trinajstić information content (AvgIpc) is 2.75. The minimum Gasteiger partial charge on any atom is -0.374 e. The molecule has 0 spiro atoms. The Labute approximate surface area is 112 Å². The Morgan fingerprint density at radius 1 is 1.53 bits per heavy atom. The third-order valence-corrected chi connectivity index (χ3v) is 3.22. The summed E-state index contributed by atoms with van der Waals surface area (Å²) in [5.41, 5.74) is 5.96. The Balaban J connectivity index is 1.92. The number of anilines is 1. The zero-order valence-corrected chi connectivity index (χ0v) is 11.1. The topological polar surface area (TPSA) is 114 Å². The lowest BCUT2D eigenvalue weighted by Crippen LogP contribution is -2.30. The number of nitrogens with one attached hydrogen (secondary N) is 2. The number of nitrogen functional groups attached to an aromatic ring is 1. The van der Waals surface area contributed by atoms with Crippen molar-refractivity contribution in [3.63, 3.8) is 0 Å². The van der Waals surface area contributed by atoms with Crippen molar-refractivity contribution < 1.29 is 4.79 Å². The fraction of sp³-hybridized carbons (Fsp3) is 0.273. The van der Waals surface area contributed by atoms with Gasteiger partial charge in [0.1, 0.15) is 10.6 Å². The molecule has 19 heavy (non-hydrogen) atoms. The highest BCUT2D eigenvalue weighted by Crippen LogP contribution is 2.10. The molecule has 2 heterocycles. The van der Waals surface area contributed by atoms with Crippen molar-refractivity contribution >= 4 is 22.4 Å². The van der Waals surface area contributed by atoms with Gasteiger partial charge in [0.15, 0.2) is 5.43 Å². The van der Waals surface area contributed by atoms with E-state index in [-0.39, 0.29) is 11.0 Å². The van der Waals surface area contributed by atoms with Crippen molar-refractivity contribution in [2.24, 2.45) is 0 Å². The van der Waals surface area contributed by atoms with Crippen LogP contribution in [-0.2, 0) is 6.42 Å². The third kappa shape index (κ3) is 3.38. The van der Waals surface area contributed by atoms with Crippen molar-refractivity contribution in [3.05, 3.63) is 38.8 Å². The number of amides is 1. The molecule has 0 atom stereocenters. The van der Waals surface area contributed by atoms with Crippen LogP contribution in [0.25, 0.3) is 0 Å². The van der Waals surface area contributed by atoms with Crippen LogP contribution in [0.2, 0.25) is 0 Å². The molecule has 0 fully saturated rings. The second-order valence-electron chi connectivity index (χ2n) is 3.93. The molecule has 0 saturated heterocycles. The third-order valence-electron chi connectivity index (χ3n) is 2.41. The first-order valence-corrected chi connectivity index (χ1v) is 6.43. The number of aromatic amines is 1. The van der Waals surface area contributed by atoms with E-state index in [1.807, 2.05) is 0 Å². The molecule has 0 aliphatic carbocycles. The van der Waals surface area contributed by atoms with Crippen LogP contribution in [0, 0.1) is 6.92 Å². The number of rotatable bonds is 4. The van der Waals surface area contributed by atoms with Crippen LogP contribution < -0.4 is 16.5 Å². The smallest absolute Gasteiger partial charge is 0.256 e. The van der Waals surface area contributed by atoms with Crippen LogP contribution >= 0.6 is 11.3 Å². The summed E-state index contributed by atoms with van der Waals surface area (Å²) < 4.78 is 0. The number of carbonyl (C=O) groups is 1. The first kappa shape index (κ1) is 13.2. The molecule has 0 bridgehead atoms. The molecule has 0 aliphatic heterocycles. The molecule has 7 nitrogen and oxygen atoms in total. The summed E-state index contributed by atoms with van der Waals surface area (Å²) in [6.07, 6.45) is 1.94. The SMILES string of the molecule is Cc1cc(=O)c(C(=O)NCCc2nnc(N)s2)c[nH]1. The van der Waals surface area contributed by atoms with E-state index in [4.69, 9.17) is 5.73 Å². The predicted octanol–water partition coefficient (Wildman–Crippen LogP) is 0.0895. The summed E-state index contributed by atoms with van der Waals surface area (Å²) in [6, 6.07) is 1.39. The summed E-state index contributed by atoms with van der Waals surface area (Å²) in [4.78, 5) is 26.2. The molecular formula is C11H13N5O2S. The summed E-state index contributed by atoms with van der Waals surface area (Å²) in [7, 11) is 0. The minimum atomic E-state index is -0.404. The van der Waals surface area contributed by atoms with Gasteiger partial charge in [0.05, 0.1) is 0 Å². The van der Waals surface area contributed by atoms with Crippen molar-refractivity contribution in [3.8, 4) is 0 Å². The van der Waals surface area contributed by atoms with E-state index in [1.165, 1.54) is 23.6 Å². The first-order valence-electron chi connectivity index (χ1n) is 5.61. The minimum absolute atomic E-state index is 0.0994. The van der Waals surface area contributed by atoms with Crippen LogP contribution in [0.4, 0.5) is 5.13 Å². The predicted molar refractivity (Wildman–Crippen MR) is 72.2 cm³/mol. The zero-order chi connectivity index (χ0) is 13.8. The second-order valence-corrected chi connectivity index (χ2v) is 5.03. The highest BCUT2D eigenvalue weighted by molar-refractivity contribution is 7.15. The van der Waals surface area contributed by atoms with Gasteiger partial charge in [-0.1, -0.05) is 11.3 Å². The highest BCUT2D eigenvalue weighted by Gasteiger charge is 2.10. The normalized spacial score (nSPS) is 10.4. The van der Waals surface area contributed by atoms with Gasteiger partial charge in [0.25, 0.3) is 5.91 Å². The molecule has 2 aromatic rings. The number of H-pyrrole nitrogens is 1. The van der Waals surface area contributed by atoms with E-state index in [0.717, 1.165) is 5.01 Å². The highest BCUT2D eigenvalue weighted by atomic mass is 32.1. The summed E-state index contributed by atoms with van der Waals surface area (Å²) in [5.74, 6) is -0.404. The van der Waals surface area contributed by atoms with Gasteiger partial charge in [0.2, 0.25) is 5.13 Å². The molecule has 0 saturated carbocycles. The molecule has 0 unspecified atom stereocenters. The molecular weight excluding hydrogens is 266 g/mol. The quantitative estimate of drug-likeness (QED) is 0.734. The Morgan fingerprint density at radius 2 is 2.32 bits per heavy atom. The van der Waals surface area contributed by atoms with Gasteiger partial charge >= 0.3 is 0 Å². The molecule has 2 rings (SSSR count). The molecule has 0 aliphatic rings. The monoisotopic (exact) mass is 279 g/mol. The van der Waals surface area contributed by atoms with E-state index >= 15 is 0 Å². The lowest BCUT2D eigenvalue weighted by Gasteiger charge is -2.03. The lowest BCUT2D eigenvalue weighted by molar-refractivity contribution is 0.0952. The van der Waals surface area contributed by atoms with Gasteiger partial charge in [-0.25, -0.2) is 0 Å². The van der Waals surface area contributed by atoms with Crippen molar-refractivity contribution in [1.29, 1.82) is 0 Å². The standard InChI is InChI=1S/C11H13N5O2S/c1-6-4-8(17)7(5-14-6)10(18)13-3-2-9-15-16-11(12)19-9/h4-5H,2-3H2,1H3,(H2,12,16)(H,13,18)(H,14,17).